The highest BCUT2D eigenvalue weighted by molar-refractivity contribution is 9.10. The van der Waals surface area contributed by atoms with Gasteiger partial charge in [-0.3, -0.25) is 0 Å². The third-order valence-electron chi connectivity index (χ3n) is 2.76. The van der Waals surface area contributed by atoms with Gasteiger partial charge in [-0.2, -0.15) is 0 Å². The Labute approximate surface area is 121 Å². The highest BCUT2D eigenvalue weighted by Gasteiger charge is 2.11. The van der Waals surface area contributed by atoms with Crippen molar-refractivity contribution >= 4 is 21.7 Å². The first kappa shape index (κ1) is 13.8. The zero-order chi connectivity index (χ0) is 13.8. The van der Waals surface area contributed by atoms with E-state index in [1.54, 1.807) is 7.11 Å². The summed E-state index contributed by atoms with van der Waals surface area (Å²) in [6.07, 6.45) is 1.87. The lowest BCUT2D eigenvalue weighted by Gasteiger charge is -2.09. The Kier molecular flexibility index (Phi) is 4.37. The Morgan fingerprint density at radius 1 is 1.32 bits per heavy atom. The van der Waals surface area contributed by atoms with Crippen molar-refractivity contribution in [1.29, 1.82) is 0 Å². The number of hydrogen-bond acceptors (Lipinski definition) is 4. The largest absolute Gasteiger partial charge is 0.497 e. The molecule has 1 aromatic carbocycles. The molecule has 0 unspecified atom stereocenters. The summed E-state index contributed by atoms with van der Waals surface area (Å²) in [4.78, 5) is 8.90. The molecule has 2 aromatic rings. The van der Waals surface area contributed by atoms with Gasteiger partial charge in [0, 0.05) is 5.56 Å². The number of anilines is 1. The molecule has 1 aromatic heterocycles. The molecule has 0 aliphatic rings. The first-order valence-corrected chi connectivity index (χ1v) is 6.91. The van der Waals surface area contributed by atoms with Crippen molar-refractivity contribution in [3.05, 3.63) is 34.4 Å². The third-order valence-corrected chi connectivity index (χ3v) is 3.62. The molecule has 0 atom stereocenters. The number of halogens is 1. The fourth-order valence-corrected chi connectivity index (χ4v) is 2.18. The number of nitrogens with zero attached hydrogens (tertiary/aromatic N) is 2. The minimum atomic E-state index is 0.469. The summed E-state index contributed by atoms with van der Waals surface area (Å²) in [5.41, 5.74) is 7.77. The number of nitrogens with two attached hydrogens (primary N) is 1. The van der Waals surface area contributed by atoms with Crippen LogP contribution in [0.15, 0.2) is 28.7 Å². The van der Waals surface area contributed by atoms with Crippen LogP contribution in [0.2, 0.25) is 0 Å². The van der Waals surface area contributed by atoms with Gasteiger partial charge in [0.1, 0.15) is 11.6 Å². The van der Waals surface area contributed by atoms with Crippen LogP contribution in [-0.4, -0.2) is 17.1 Å². The number of aromatic nitrogens is 2. The molecular weight excluding hydrogens is 306 g/mol. The standard InChI is InChI=1S/C14H16BrN3O/c1-3-5-11-12(15)13(16)18-14(17-11)9-6-4-7-10(8-9)19-2/h4,6-8H,3,5H2,1-2H3,(H2,16,17,18). The van der Waals surface area contributed by atoms with Gasteiger partial charge >= 0.3 is 0 Å². The van der Waals surface area contributed by atoms with Gasteiger partial charge in [0.2, 0.25) is 0 Å². The number of methoxy groups -OCH3 is 1. The Morgan fingerprint density at radius 2 is 2.11 bits per heavy atom. The van der Waals surface area contributed by atoms with Crippen LogP contribution in [0, 0.1) is 0 Å². The lowest BCUT2D eigenvalue weighted by atomic mass is 10.2. The quantitative estimate of drug-likeness (QED) is 0.936. The fraction of sp³-hybridized carbons (Fsp3) is 0.286. The molecule has 0 spiro atoms. The number of nitrogen functional groups attached to an aromatic ring is 1. The average Bonchev–Trinajstić information content (AvgIpc) is 2.44. The van der Waals surface area contributed by atoms with Crippen LogP contribution >= 0.6 is 15.9 Å². The zero-order valence-corrected chi connectivity index (χ0v) is 12.6. The normalized spacial score (nSPS) is 10.5. The van der Waals surface area contributed by atoms with Crippen molar-refractivity contribution < 1.29 is 4.74 Å². The van der Waals surface area contributed by atoms with E-state index in [0.29, 0.717) is 11.6 Å². The highest BCUT2D eigenvalue weighted by Crippen LogP contribution is 2.27. The molecule has 100 valence electrons. The van der Waals surface area contributed by atoms with Crippen LogP contribution in [0.1, 0.15) is 19.0 Å². The van der Waals surface area contributed by atoms with Crippen LogP contribution in [0.5, 0.6) is 5.75 Å². The molecule has 0 aliphatic carbocycles. The Hall–Kier alpha value is -1.62. The van der Waals surface area contributed by atoms with Crippen LogP contribution in [-0.2, 0) is 6.42 Å². The lowest BCUT2D eigenvalue weighted by molar-refractivity contribution is 0.415. The predicted octanol–water partition coefficient (Wildman–Crippen LogP) is 3.45. The van der Waals surface area contributed by atoms with Crippen molar-refractivity contribution in [3.8, 4) is 17.1 Å². The second kappa shape index (κ2) is 6.02. The summed E-state index contributed by atoms with van der Waals surface area (Å²) >= 11 is 3.44. The summed E-state index contributed by atoms with van der Waals surface area (Å²) in [7, 11) is 1.64. The molecular formula is C14H16BrN3O. The zero-order valence-electron chi connectivity index (χ0n) is 11.0. The Morgan fingerprint density at radius 3 is 2.79 bits per heavy atom. The van der Waals surface area contributed by atoms with Gasteiger partial charge in [0.25, 0.3) is 0 Å². The predicted molar refractivity (Wildman–Crippen MR) is 80.1 cm³/mol. The fourth-order valence-electron chi connectivity index (χ4n) is 1.81. The van der Waals surface area contributed by atoms with E-state index in [2.05, 4.69) is 32.8 Å². The molecule has 0 aliphatic heterocycles. The number of ether oxygens (including phenoxy) is 1. The lowest BCUT2D eigenvalue weighted by Crippen LogP contribution is -2.03. The first-order chi connectivity index (χ1) is 9.15. The van der Waals surface area contributed by atoms with E-state index in [0.717, 1.165) is 34.3 Å². The minimum absolute atomic E-state index is 0.469. The van der Waals surface area contributed by atoms with Crippen LogP contribution in [0.4, 0.5) is 5.82 Å². The molecule has 19 heavy (non-hydrogen) atoms. The van der Waals surface area contributed by atoms with Gasteiger partial charge in [-0.1, -0.05) is 25.5 Å². The first-order valence-electron chi connectivity index (χ1n) is 6.12. The molecule has 0 fully saturated rings. The highest BCUT2D eigenvalue weighted by atomic mass is 79.9. The van der Waals surface area contributed by atoms with Gasteiger partial charge in [-0.25, -0.2) is 9.97 Å². The molecule has 0 amide bonds. The molecule has 5 heteroatoms. The second-order valence-electron chi connectivity index (χ2n) is 4.18. The summed E-state index contributed by atoms with van der Waals surface area (Å²) in [6.45, 7) is 2.11. The summed E-state index contributed by atoms with van der Waals surface area (Å²) in [5, 5.41) is 0. The average molecular weight is 322 g/mol. The van der Waals surface area contributed by atoms with E-state index in [1.807, 2.05) is 24.3 Å². The molecule has 0 saturated heterocycles. The molecule has 4 nitrogen and oxygen atoms in total. The van der Waals surface area contributed by atoms with Crippen molar-refractivity contribution in [2.24, 2.45) is 0 Å². The molecule has 2 N–H and O–H groups in total. The number of aryl methyl sites for hydroxylation is 1. The Bertz CT molecular complexity index is 587. The van der Waals surface area contributed by atoms with E-state index < -0.39 is 0 Å². The van der Waals surface area contributed by atoms with Crippen molar-refractivity contribution in [3.63, 3.8) is 0 Å². The SMILES string of the molecule is CCCc1nc(-c2cccc(OC)c2)nc(N)c1Br. The number of benzene rings is 1. The van der Waals surface area contributed by atoms with E-state index in [1.165, 1.54) is 0 Å². The summed E-state index contributed by atoms with van der Waals surface area (Å²) in [6, 6.07) is 7.65. The Balaban J connectivity index is 2.49. The summed E-state index contributed by atoms with van der Waals surface area (Å²) in [5.74, 6) is 1.87. The van der Waals surface area contributed by atoms with Crippen molar-refractivity contribution in [1.82, 2.24) is 9.97 Å². The van der Waals surface area contributed by atoms with E-state index in [4.69, 9.17) is 10.5 Å². The van der Waals surface area contributed by atoms with Crippen molar-refractivity contribution in [2.75, 3.05) is 12.8 Å². The molecule has 0 bridgehead atoms. The topological polar surface area (TPSA) is 61.0 Å². The molecule has 1 heterocycles. The smallest absolute Gasteiger partial charge is 0.161 e. The van der Waals surface area contributed by atoms with E-state index in [-0.39, 0.29) is 0 Å². The maximum absolute atomic E-state index is 5.93. The van der Waals surface area contributed by atoms with Gasteiger partial charge < -0.3 is 10.5 Å². The minimum Gasteiger partial charge on any atom is -0.497 e. The van der Waals surface area contributed by atoms with E-state index >= 15 is 0 Å². The van der Waals surface area contributed by atoms with Crippen LogP contribution < -0.4 is 10.5 Å². The molecule has 0 saturated carbocycles. The monoisotopic (exact) mass is 321 g/mol. The molecule has 0 radical (unpaired) electrons. The number of rotatable bonds is 4. The maximum Gasteiger partial charge on any atom is 0.161 e. The van der Waals surface area contributed by atoms with Gasteiger partial charge in [0.05, 0.1) is 17.3 Å². The van der Waals surface area contributed by atoms with Gasteiger partial charge in [-0.15, -0.1) is 0 Å². The maximum atomic E-state index is 5.93. The van der Waals surface area contributed by atoms with E-state index in [9.17, 15) is 0 Å². The second-order valence-corrected chi connectivity index (χ2v) is 4.97. The van der Waals surface area contributed by atoms with Gasteiger partial charge in [-0.05, 0) is 34.5 Å². The van der Waals surface area contributed by atoms with Crippen LogP contribution in [0.25, 0.3) is 11.4 Å². The van der Waals surface area contributed by atoms with Crippen molar-refractivity contribution in [2.45, 2.75) is 19.8 Å². The number of hydrogen-bond donors (Lipinski definition) is 1. The van der Waals surface area contributed by atoms with Crippen LogP contribution in [0.3, 0.4) is 0 Å². The summed E-state index contributed by atoms with van der Waals surface area (Å²) < 4.78 is 6.00. The van der Waals surface area contributed by atoms with Gasteiger partial charge in [0.15, 0.2) is 5.82 Å². The molecule has 2 rings (SSSR count). The third kappa shape index (κ3) is 3.04.